The van der Waals surface area contributed by atoms with Crippen LogP contribution in [0, 0.1) is 6.57 Å². The molecule has 1 saturated heterocycles. The number of carbonyl (C=O) groups is 3. The molecule has 1 aliphatic carbocycles. The highest BCUT2D eigenvalue weighted by Crippen LogP contribution is 2.49. The van der Waals surface area contributed by atoms with Crippen molar-refractivity contribution in [3.8, 4) is 12.3 Å². The number of nitrogens with one attached hydrogen (secondary N) is 3. The number of benzene rings is 2. The Bertz CT molecular complexity index is 1450. The molecule has 6 rings (SSSR count). The van der Waals surface area contributed by atoms with Crippen LogP contribution in [-0.4, -0.2) is 53.0 Å². The van der Waals surface area contributed by atoms with Crippen molar-refractivity contribution < 1.29 is 19.1 Å². The monoisotopic (exact) mass is 470 g/mol. The van der Waals surface area contributed by atoms with E-state index in [0.717, 1.165) is 22.2 Å². The maximum atomic E-state index is 13.7. The number of ether oxygens (including phenoxy) is 1. The molecule has 2 aromatic carbocycles. The van der Waals surface area contributed by atoms with Gasteiger partial charge in [-0.25, -0.2) is 0 Å². The largest absolute Gasteiger partial charge is 0.496 e. The topological polar surface area (TPSA) is 108 Å². The average molecular weight is 471 g/mol. The molecule has 9 heteroatoms. The van der Waals surface area contributed by atoms with Crippen molar-refractivity contribution in [3.63, 3.8) is 0 Å². The maximum absolute atomic E-state index is 13.7. The summed E-state index contributed by atoms with van der Waals surface area (Å²) >= 11 is 0. The highest BCUT2D eigenvalue weighted by molar-refractivity contribution is 6.08. The summed E-state index contributed by atoms with van der Waals surface area (Å²) in [5.74, 6) is -0.163. The number of rotatable bonds is 4. The molecule has 9 nitrogen and oxygen atoms in total. The van der Waals surface area contributed by atoms with Gasteiger partial charge in [0.1, 0.15) is 22.4 Å². The Kier molecular flexibility index (Phi) is 4.45. The number of hydrogen-bond acceptors (Lipinski definition) is 4. The number of nitrogens with zero attached hydrogens (tertiary/aromatic N) is 2. The van der Waals surface area contributed by atoms with Crippen molar-refractivity contribution in [3.05, 3.63) is 64.6 Å². The molecule has 0 bridgehead atoms. The van der Waals surface area contributed by atoms with Crippen molar-refractivity contribution in [1.29, 1.82) is 0 Å². The van der Waals surface area contributed by atoms with Gasteiger partial charge in [-0.15, -0.1) is 0 Å². The molecular weight excluding hydrogens is 446 g/mol. The minimum atomic E-state index is -1.04. The van der Waals surface area contributed by atoms with Crippen LogP contribution < -0.4 is 15.4 Å². The lowest BCUT2D eigenvalue weighted by Crippen LogP contribution is -2.52. The van der Waals surface area contributed by atoms with Crippen molar-refractivity contribution in [2.45, 2.75) is 36.4 Å². The Hall–Kier alpha value is -4.32. The van der Waals surface area contributed by atoms with E-state index in [0.29, 0.717) is 30.7 Å². The molecule has 3 heterocycles. The summed E-state index contributed by atoms with van der Waals surface area (Å²) in [5, 5.41) is 6.63. The van der Waals surface area contributed by atoms with E-state index in [-0.39, 0.29) is 24.3 Å². The Balaban J connectivity index is 1.26. The molecule has 3 N–H and O–H groups in total. The van der Waals surface area contributed by atoms with Crippen LogP contribution in [0.3, 0.4) is 0 Å². The number of para-hydroxylation sites is 1. The summed E-state index contributed by atoms with van der Waals surface area (Å²) in [4.78, 5) is 48.5. The third-order valence-corrected chi connectivity index (χ3v) is 7.49. The number of anilines is 1. The molecule has 1 aromatic heterocycles. The number of aromatic amines is 1. The molecule has 35 heavy (non-hydrogen) atoms. The van der Waals surface area contributed by atoms with E-state index >= 15 is 0 Å². The van der Waals surface area contributed by atoms with Gasteiger partial charge in [0, 0.05) is 23.1 Å². The zero-order valence-electron chi connectivity index (χ0n) is 19.1. The quantitative estimate of drug-likeness (QED) is 0.545. The number of carbonyl (C=O) groups excluding carboxylic acids is 3. The van der Waals surface area contributed by atoms with Crippen LogP contribution in [0.2, 0.25) is 0 Å². The van der Waals surface area contributed by atoms with Crippen LogP contribution in [0.5, 0.6) is 5.75 Å². The minimum absolute atomic E-state index is 0.154. The zero-order valence-corrected chi connectivity index (χ0v) is 19.1. The second kappa shape index (κ2) is 7.34. The van der Waals surface area contributed by atoms with Crippen LogP contribution >= 0.6 is 0 Å². The Morgan fingerprint density at radius 2 is 2.00 bits per heavy atom. The molecule has 1 saturated carbocycles. The van der Waals surface area contributed by atoms with Gasteiger partial charge in [0.2, 0.25) is 5.91 Å². The van der Waals surface area contributed by atoms with E-state index in [1.165, 1.54) is 0 Å². The lowest BCUT2D eigenvalue weighted by atomic mass is 9.80. The number of H-pyrrole nitrogens is 1. The fourth-order valence-corrected chi connectivity index (χ4v) is 5.46. The van der Waals surface area contributed by atoms with E-state index in [1.54, 1.807) is 18.1 Å². The second-order valence-electron chi connectivity index (χ2n) is 9.49. The maximum Gasteiger partial charge on any atom is 0.350 e. The Morgan fingerprint density at radius 3 is 2.74 bits per heavy atom. The highest BCUT2D eigenvalue weighted by Gasteiger charge is 2.64. The summed E-state index contributed by atoms with van der Waals surface area (Å²) in [6.45, 7) is 5.85. The lowest BCUT2D eigenvalue weighted by Gasteiger charge is -2.25. The minimum Gasteiger partial charge on any atom is -0.496 e. The molecule has 176 valence electrons. The number of hydrogen-bond donors (Lipinski definition) is 3. The van der Waals surface area contributed by atoms with Crippen molar-refractivity contribution in [2.24, 2.45) is 0 Å². The van der Waals surface area contributed by atoms with Gasteiger partial charge < -0.3 is 20.4 Å². The molecule has 2 aliphatic heterocycles. The van der Waals surface area contributed by atoms with Gasteiger partial charge >= 0.3 is 6.17 Å². The fourth-order valence-electron chi connectivity index (χ4n) is 5.46. The van der Waals surface area contributed by atoms with Crippen LogP contribution in [-0.2, 0) is 15.0 Å². The van der Waals surface area contributed by atoms with Gasteiger partial charge in [-0.3, -0.25) is 19.3 Å². The molecule has 0 radical (unpaired) electrons. The van der Waals surface area contributed by atoms with Crippen molar-refractivity contribution in [1.82, 2.24) is 15.2 Å². The summed E-state index contributed by atoms with van der Waals surface area (Å²) < 4.78 is 5.38. The van der Waals surface area contributed by atoms with Crippen LogP contribution in [0.25, 0.3) is 15.7 Å². The molecule has 3 aliphatic rings. The van der Waals surface area contributed by atoms with Gasteiger partial charge in [-0.2, -0.15) is 0 Å². The first kappa shape index (κ1) is 21.2. The third kappa shape index (κ3) is 3.03. The predicted molar refractivity (Wildman–Crippen MR) is 129 cm³/mol. The number of fused-ring (bicyclic) bond motifs is 3. The number of methoxy groups -OCH3 is 1. The van der Waals surface area contributed by atoms with Gasteiger partial charge in [-0.1, -0.05) is 29.1 Å². The fraction of sp³-hybridized carbons (Fsp3) is 0.308. The summed E-state index contributed by atoms with van der Waals surface area (Å²) in [5.41, 5.74) is 0.738. The molecular formula is C26H24N5O4+. The number of likely N-dealkylation sites (tertiary alicyclic amines) is 1. The zero-order chi connectivity index (χ0) is 24.4. The lowest BCUT2D eigenvalue weighted by molar-refractivity contribution is -0.134. The Morgan fingerprint density at radius 1 is 1.20 bits per heavy atom. The predicted octanol–water partition coefficient (Wildman–Crippen LogP) is 2.85. The first-order valence-corrected chi connectivity index (χ1v) is 11.5. The van der Waals surface area contributed by atoms with Gasteiger partial charge in [0.25, 0.3) is 18.4 Å². The molecule has 3 amide bonds. The van der Waals surface area contributed by atoms with Crippen LogP contribution in [0.1, 0.15) is 35.3 Å². The summed E-state index contributed by atoms with van der Waals surface area (Å²) in [6, 6.07) is 14.7. The van der Waals surface area contributed by atoms with E-state index < -0.39 is 17.1 Å². The average Bonchev–Trinajstić information content (AvgIpc) is 3.24. The molecule has 2 atom stereocenters. The third-order valence-electron chi connectivity index (χ3n) is 7.49. The van der Waals surface area contributed by atoms with Crippen LogP contribution in [0.15, 0.2) is 48.5 Å². The highest BCUT2D eigenvalue weighted by atomic mass is 16.5. The summed E-state index contributed by atoms with van der Waals surface area (Å²) in [6.07, 6.45) is 0.644. The van der Waals surface area contributed by atoms with E-state index in [1.807, 2.05) is 42.5 Å². The Labute approximate surface area is 201 Å². The first-order chi connectivity index (χ1) is 16.9. The smallest absolute Gasteiger partial charge is 0.350 e. The van der Waals surface area contributed by atoms with E-state index in [4.69, 9.17) is 11.3 Å². The first-order valence-electron chi connectivity index (χ1n) is 11.5. The molecule has 0 unspecified atom stereocenters. The standard InChI is InChI=1S/C26H23N5O4/c1-27-21-13-25(16-6-3-4-7-18(16)29-23(25)33)14-31(21)24(34)26(10-11-26)30-22(32)19-12-15-17(28-19)8-5-9-20(15)35-2/h1,3-9,12,21H,10-11,13-14H2,2H3,(H2-,28,29,30,32,33)/p+1/t21-,25-/m0/s1. The summed E-state index contributed by atoms with van der Waals surface area (Å²) in [7, 11) is 1.57. The van der Waals surface area contributed by atoms with Crippen molar-refractivity contribution >= 4 is 34.3 Å². The van der Waals surface area contributed by atoms with E-state index in [9.17, 15) is 14.4 Å². The molecule has 2 fully saturated rings. The van der Waals surface area contributed by atoms with Gasteiger partial charge in [0.05, 0.1) is 13.5 Å². The SMILES string of the molecule is C#[N+][C@@H]1C[C@@]2(CN1C(=O)C1(NC(=O)c3cc4c(OC)cccc4[nH]3)CC1)C(=O)Nc1ccccc12. The number of amides is 3. The molecule has 3 aromatic rings. The van der Waals surface area contributed by atoms with Crippen LogP contribution in [0.4, 0.5) is 5.69 Å². The normalized spacial score (nSPS) is 23.6. The van der Waals surface area contributed by atoms with Gasteiger partial charge in [0.15, 0.2) is 0 Å². The number of aromatic nitrogens is 1. The second-order valence-corrected chi connectivity index (χ2v) is 9.49. The molecule has 1 spiro atoms. The van der Waals surface area contributed by atoms with E-state index in [2.05, 4.69) is 20.5 Å². The van der Waals surface area contributed by atoms with Crippen molar-refractivity contribution in [2.75, 3.05) is 19.0 Å². The van der Waals surface area contributed by atoms with Gasteiger partial charge in [-0.05, 0) is 42.7 Å².